The van der Waals surface area contributed by atoms with Crippen LogP contribution in [0.2, 0.25) is 0 Å². The van der Waals surface area contributed by atoms with Gasteiger partial charge in [-0.2, -0.15) is 0 Å². The van der Waals surface area contributed by atoms with Gasteiger partial charge in [0, 0.05) is 49.2 Å². The molecule has 0 unspecified atom stereocenters. The number of hydrogen-bond donors (Lipinski definition) is 3. The van der Waals surface area contributed by atoms with Gasteiger partial charge in [-0.05, 0) is 6.07 Å². The van der Waals surface area contributed by atoms with Crippen LogP contribution >= 0.6 is 0 Å². The summed E-state index contributed by atoms with van der Waals surface area (Å²) in [6.07, 6.45) is 0.858. The third-order valence-electron chi connectivity index (χ3n) is 3.58. The van der Waals surface area contributed by atoms with E-state index in [4.69, 9.17) is 10.7 Å². The molecule has 0 radical (unpaired) electrons. The van der Waals surface area contributed by atoms with Crippen molar-refractivity contribution in [3.8, 4) is 0 Å². The Morgan fingerprint density at radius 2 is 2.25 bits per heavy atom. The van der Waals surface area contributed by atoms with Crippen molar-refractivity contribution in [3.63, 3.8) is 0 Å². The molecule has 1 aromatic carbocycles. The van der Waals surface area contributed by atoms with Crippen LogP contribution in [0.15, 0.2) is 24.3 Å². The Balaban J connectivity index is 2.17. The number of nitrogens with zero attached hydrogens (tertiary/aromatic N) is 1. The number of carbonyl (C=O) groups is 1. The Morgan fingerprint density at radius 1 is 1.40 bits per heavy atom. The van der Waals surface area contributed by atoms with Gasteiger partial charge in [-0.15, -0.1) is 0 Å². The summed E-state index contributed by atoms with van der Waals surface area (Å²) in [5.41, 5.74) is 9.13. The van der Waals surface area contributed by atoms with E-state index in [1.54, 1.807) is 0 Å². The van der Waals surface area contributed by atoms with Crippen LogP contribution in [-0.4, -0.2) is 30.5 Å². The monoisotopic (exact) mass is 270 g/mol. The Kier molecular flexibility index (Phi) is 3.62. The molecule has 0 saturated carbocycles. The van der Waals surface area contributed by atoms with Crippen LogP contribution in [0.1, 0.15) is 21.6 Å². The SMILES string of the molecule is NCCNC(=O)c1c2c(nc3ccccc13)CCNC2. The molecule has 1 aliphatic rings. The van der Waals surface area contributed by atoms with E-state index in [1.165, 1.54) is 0 Å². The quantitative estimate of drug-likeness (QED) is 0.761. The summed E-state index contributed by atoms with van der Waals surface area (Å²) in [5.74, 6) is -0.0611. The number of benzene rings is 1. The van der Waals surface area contributed by atoms with Crippen LogP contribution in [0.4, 0.5) is 0 Å². The highest BCUT2D eigenvalue weighted by atomic mass is 16.1. The number of aromatic nitrogens is 1. The van der Waals surface area contributed by atoms with Crippen LogP contribution in [0.5, 0.6) is 0 Å². The van der Waals surface area contributed by atoms with E-state index < -0.39 is 0 Å². The smallest absolute Gasteiger partial charge is 0.252 e. The first-order chi connectivity index (χ1) is 9.81. The van der Waals surface area contributed by atoms with Crippen LogP contribution in [0, 0.1) is 0 Å². The Morgan fingerprint density at radius 3 is 3.10 bits per heavy atom. The van der Waals surface area contributed by atoms with E-state index in [0.717, 1.165) is 40.7 Å². The van der Waals surface area contributed by atoms with Crippen molar-refractivity contribution in [2.24, 2.45) is 5.73 Å². The van der Waals surface area contributed by atoms with Crippen LogP contribution < -0.4 is 16.4 Å². The standard InChI is InChI=1S/C15H18N4O/c16-6-8-18-15(20)14-10-3-1-2-4-12(10)19-13-5-7-17-9-11(13)14/h1-4,17H,5-9,16H2,(H,18,20). The first-order valence-electron chi connectivity index (χ1n) is 6.90. The van der Waals surface area contributed by atoms with Gasteiger partial charge in [0.25, 0.3) is 5.91 Å². The fourth-order valence-corrected chi connectivity index (χ4v) is 2.65. The van der Waals surface area contributed by atoms with E-state index in [0.29, 0.717) is 19.6 Å². The summed E-state index contributed by atoms with van der Waals surface area (Å²) < 4.78 is 0. The summed E-state index contributed by atoms with van der Waals surface area (Å²) in [4.78, 5) is 17.2. The maximum absolute atomic E-state index is 12.5. The molecule has 104 valence electrons. The van der Waals surface area contributed by atoms with E-state index in [1.807, 2.05) is 24.3 Å². The highest BCUT2D eigenvalue weighted by Crippen LogP contribution is 2.25. The molecule has 0 fully saturated rings. The van der Waals surface area contributed by atoms with Gasteiger partial charge in [0.1, 0.15) is 0 Å². The summed E-state index contributed by atoms with van der Waals surface area (Å²) >= 11 is 0. The predicted molar refractivity (Wildman–Crippen MR) is 78.5 cm³/mol. The van der Waals surface area contributed by atoms with Crippen LogP contribution in [0.3, 0.4) is 0 Å². The van der Waals surface area contributed by atoms with Crippen molar-refractivity contribution >= 4 is 16.8 Å². The minimum atomic E-state index is -0.0611. The average Bonchev–Trinajstić information content (AvgIpc) is 2.50. The molecule has 1 aliphatic heterocycles. The zero-order valence-corrected chi connectivity index (χ0v) is 11.3. The van der Waals surface area contributed by atoms with Gasteiger partial charge in [0.05, 0.1) is 11.1 Å². The average molecular weight is 270 g/mol. The topological polar surface area (TPSA) is 80.0 Å². The highest BCUT2D eigenvalue weighted by molar-refractivity contribution is 6.07. The Hall–Kier alpha value is -1.98. The number of carbonyl (C=O) groups excluding carboxylic acids is 1. The molecular formula is C15H18N4O. The van der Waals surface area contributed by atoms with Crippen LogP contribution in [-0.2, 0) is 13.0 Å². The lowest BCUT2D eigenvalue weighted by Gasteiger charge is -2.21. The second kappa shape index (κ2) is 5.56. The van der Waals surface area contributed by atoms with Gasteiger partial charge in [-0.3, -0.25) is 9.78 Å². The fraction of sp³-hybridized carbons (Fsp3) is 0.333. The predicted octanol–water partition coefficient (Wildman–Crippen LogP) is 0.569. The summed E-state index contributed by atoms with van der Waals surface area (Å²) in [7, 11) is 0. The molecule has 0 bridgehead atoms. The van der Waals surface area contributed by atoms with Crippen molar-refractivity contribution in [1.29, 1.82) is 0 Å². The van der Waals surface area contributed by atoms with Gasteiger partial charge >= 0.3 is 0 Å². The van der Waals surface area contributed by atoms with Crippen LogP contribution in [0.25, 0.3) is 10.9 Å². The molecule has 0 aliphatic carbocycles. The molecule has 0 spiro atoms. The summed E-state index contributed by atoms with van der Waals surface area (Å²) in [5, 5.41) is 7.09. The molecular weight excluding hydrogens is 252 g/mol. The number of nitrogens with one attached hydrogen (secondary N) is 2. The third kappa shape index (κ3) is 2.26. The molecule has 20 heavy (non-hydrogen) atoms. The molecule has 3 rings (SSSR count). The first kappa shape index (κ1) is 13.0. The minimum Gasteiger partial charge on any atom is -0.351 e. The second-order valence-corrected chi connectivity index (χ2v) is 4.90. The van der Waals surface area contributed by atoms with Gasteiger partial charge in [0.2, 0.25) is 0 Å². The molecule has 0 atom stereocenters. The number of hydrogen-bond acceptors (Lipinski definition) is 4. The zero-order chi connectivity index (χ0) is 13.9. The number of amides is 1. The Labute approximate surface area is 117 Å². The van der Waals surface area contributed by atoms with Gasteiger partial charge in [-0.1, -0.05) is 18.2 Å². The molecule has 0 saturated heterocycles. The third-order valence-corrected chi connectivity index (χ3v) is 3.58. The fourth-order valence-electron chi connectivity index (χ4n) is 2.65. The van der Waals surface area contributed by atoms with Crippen molar-refractivity contribution in [3.05, 3.63) is 41.1 Å². The summed E-state index contributed by atoms with van der Waals surface area (Å²) in [6.45, 7) is 2.52. The molecule has 5 heteroatoms. The van der Waals surface area contributed by atoms with E-state index in [2.05, 4.69) is 10.6 Å². The van der Waals surface area contributed by atoms with Gasteiger partial charge < -0.3 is 16.4 Å². The molecule has 2 heterocycles. The van der Waals surface area contributed by atoms with E-state index in [9.17, 15) is 4.79 Å². The second-order valence-electron chi connectivity index (χ2n) is 4.90. The van der Waals surface area contributed by atoms with Crippen molar-refractivity contribution in [2.75, 3.05) is 19.6 Å². The van der Waals surface area contributed by atoms with Crippen molar-refractivity contribution < 1.29 is 4.79 Å². The first-order valence-corrected chi connectivity index (χ1v) is 6.90. The highest BCUT2D eigenvalue weighted by Gasteiger charge is 2.21. The number of para-hydroxylation sites is 1. The Bertz CT molecular complexity index is 654. The number of rotatable bonds is 3. The summed E-state index contributed by atoms with van der Waals surface area (Å²) in [6, 6.07) is 7.79. The van der Waals surface area contributed by atoms with Crippen molar-refractivity contribution in [2.45, 2.75) is 13.0 Å². The molecule has 1 amide bonds. The molecule has 4 N–H and O–H groups in total. The normalized spacial score (nSPS) is 14.1. The zero-order valence-electron chi connectivity index (χ0n) is 11.3. The molecule has 1 aromatic heterocycles. The maximum Gasteiger partial charge on any atom is 0.252 e. The number of pyridine rings is 1. The minimum absolute atomic E-state index is 0.0611. The maximum atomic E-state index is 12.5. The molecule has 5 nitrogen and oxygen atoms in total. The molecule has 2 aromatic rings. The number of nitrogens with two attached hydrogens (primary N) is 1. The van der Waals surface area contributed by atoms with E-state index in [-0.39, 0.29) is 5.91 Å². The lowest BCUT2D eigenvalue weighted by Crippen LogP contribution is -2.33. The lowest BCUT2D eigenvalue weighted by atomic mass is 9.96. The van der Waals surface area contributed by atoms with Gasteiger partial charge in [-0.25, -0.2) is 0 Å². The lowest BCUT2D eigenvalue weighted by molar-refractivity contribution is 0.0955. The van der Waals surface area contributed by atoms with Gasteiger partial charge in [0.15, 0.2) is 0 Å². The number of fused-ring (bicyclic) bond motifs is 2. The van der Waals surface area contributed by atoms with Crippen molar-refractivity contribution in [1.82, 2.24) is 15.6 Å². The largest absolute Gasteiger partial charge is 0.351 e. The van der Waals surface area contributed by atoms with E-state index >= 15 is 0 Å².